The fourth-order valence-corrected chi connectivity index (χ4v) is 2.68. The lowest BCUT2D eigenvalue weighted by Crippen LogP contribution is -2.36. The summed E-state index contributed by atoms with van der Waals surface area (Å²) >= 11 is 0. The van der Waals surface area contributed by atoms with Crippen LogP contribution in [0.25, 0.3) is 0 Å². The summed E-state index contributed by atoms with van der Waals surface area (Å²) in [5.74, 6) is 0.564. The van der Waals surface area contributed by atoms with Crippen LogP contribution in [0.15, 0.2) is 42.6 Å². The number of hydrogen-bond acceptors (Lipinski definition) is 4. The Morgan fingerprint density at radius 2 is 2.05 bits per heavy atom. The van der Waals surface area contributed by atoms with E-state index >= 15 is 0 Å². The number of rotatable bonds is 4. The standard InChI is InChI=1S/C17H20FN3O/c18-15-11-13(12-20-17-3-1-2-8-19-17)4-5-16(15)21-9-6-14(22)7-10-21/h1-5,8,11,14,22H,6-7,9-10,12H2,(H,19,20). The predicted molar refractivity (Wildman–Crippen MR) is 85.4 cm³/mol. The zero-order valence-electron chi connectivity index (χ0n) is 12.4. The SMILES string of the molecule is OC1CCN(c2ccc(CNc3ccccn3)cc2F)CC1. The van der Waals surface area contributed by atoms with E-state index in [1.165, 1.54) is 0 Å². The Kier molecular flexibility index (Phi) is 4.53. The van der Waals surface area contributed by atoms with E-state index in [4.69, 9.17) is 0 Å². The molecular formula is C17H20FN3O. The molecule has 4 nitrogen and oxygen atoms in total. The number of nitrogens with zero attached hydrogens (tertiary/aromatic N) is 2. The summed E-state index contributed by atoms with van der Waals surface area (Å²) in [6.07, 6.45) is 2.86. The zero-order valence-corrected chi connectivity index (χ0v) is 12.4. The number of piperidine rings is 1. The van der Waals surface area contributed by atoms with Crippen LogP contribution < -0.4 is 10.2 Å². The van der Waals surface area contributed by atoms with E-state index in [0.717, 1.165) is 11.4 Å². The van der Waals surface area contributed by atoms with Crippen molar-refractivity contribution in [2.45, 2.75) is 25.5 Å². The molecule has 1 aromatic carbocycles. The number of halogens is 1. The molecule has 0 spiro atoms. The average molecular weight is 301 g/mol. The molecule has 2 N–H and O–H groups in total. The van der Waals surface area contributed by atoms with E-state index in [1.807, 2.05) is 35.2 Å². The van der Waals surface area contributed by atoms with Crippen molar-refractivity contribution >= 4 is 11.5 Å². The van der Waals surface area contributed by atoms with Gasteiger partial charge in [-0.1, -0.05) is 12.1 Å². The first-order valence-electron chi connectivity index (χ1n) is 7.59. The van der Waals surface area contributed by atoms with Crippen LogP contribution in [-0.2, 0) is 6.54 Å². The lowest BCUT2D eigenvalue weighted by molar-refractivity contribution is 0.145. The minimum atomic E-state index is -0.249. The number of anilines is 2. The van der Waals surface area contributed by atoms with Crippen LogP contribution in [0, 0.1) is 5.82 Å². The van der Waals surface area contributed by atoms with Crippen LogP contribution in [0.5, 0.6) is 0 Å². The van der Waals surface area contributed by atoms with Gasteiger partial charge in [-0.3, -0.25) is 0 Å². The first kappa shape index (κ1) is 14.8. The highest BCUT2D eigenvalue weighted by atomic mass is 19.1. The molecule has 1 fully saturated rings. The van der Waals surface area contributed by atoms with Crippen molar-refractivity contribution in [3.63, 3.8) is 0 Å². The maximum atomic E-state index is 14.3. The molecule has 0 saturated carbocycles. The summed E-state index contributed by atoms with van der Waals surface area (Å²) in [5.41, 5.74) is 1.50. The third kappa shape index (κ3) is 3.54. The minimum absolute atomic E-state index is 0.211. The Balaban J connectivity index is 1.64. The molecule has 22 heavy (non-hydrogen) atoms. The summed E-state index contributed by atoms with van der Waals surface area (Å²) in [6.45, 7) is 1.93. The van der Waals surface area contributed by atoms with Crippen molar-refractivity contribution in [1.82, 2.24) is 4.98 Å². The fourth-order valence-electron chi connectivity index (χ4n) is 2.68. The van der Waals surface area contributed by atoms with Gasteiger partial charge < -0.3 is 15.3 Å². The molecule has 1 aliphatic heterocycles. The fraction of sp³-hybridized carbons (Fsp3) is 0.353. The van der Waals surface area contributed by atoms with Gasteiger partial charge in [-0.15, -0.1) is 0 Å². The van der Waals surface area contributed by atoms with Gasteiger partial charge in [0.15, 0.2) is 0 Å². The number of pyridine rings is 1. The van der Waals surface area contributed by atoms with Crippen molar-refractivity contribution in [2.75, 3.05) is 23.3 Å². The second-order valence-corrected chi connectivity index (χ2v) is 5.57. The molecule has 1 saturated heterocycles. The highest BCUT2D eigenvalue weighted by Crippen LogP contribution is 2.24. The van der Waals surface area contributed by atoms with Gasteiger partial charge in [0.1, 0.15) is 11.6 Å². The Morgan fingerprint density at radius 1 is 1.23 bits per heavy atom. The number of aliphatic hydroxyl groups is 1. The van der Waals surface area contributed by atoms with Crippen LogP contribution in [0.1, 0.15) is 18.4 Å². The summed E-state index contributed by atoms with van der Waals surface area (Å²) in [6, 6.07) is 11.0. The summed E-state index contributed by atoms with van der Waals surface area (Å²) in [5, 5.41) is 12.7. The molecule has 2 heterocycles. The van der Waals surface area contributed by atoms with E-state index in [1.54, 1.807) is 12.3 Å². The molecule has 0 radical (unpaired) electrons. The first-order chi connectivity index (χ1) is 10.7. The second-order valence-electron chi connectivity index (χ2n) is 5.57. The van der Waals surface area contributed by atoms with E-state index in [9.17, 15) is 9.50 Å². The van der Waals surface area contributed by atoms with Gasteiger partial charge in [-0.2, -0.15) is 0 Å². The van der Waals surface area contributed by atoms with Gasteiger partial charge in [0.25, 0.3) is 0 Å². The van der Waals surface area contributed by atoms with Crippen LogP contribution in [-0.4, -0.2) is 29.3 Å². The van der Waals surface area contributed by atoms with Crippen molar-refractivity contribution < 1.29 is 9.50 Å². The second kappa shape index (κ2) is 6.75. The van der Waals surface area contributed by atoms with Gasteiger partial charge in [-0.05, 0) is 42.7 Å². The third-order valence-corrected chi connectivity index (χ3v) is 3.96. The molecule has 2 aromatic rings. The van der Waals surface area contributed by atoms with Crippen molar-refractivity contribution in [2.24, 2.45) is 0 Å². The summed E-state index contributed by atoms with van der Waals surface area (Å²) in [4.78, 5) is 6.18. The molecule has 0 amide bonds. The molecule has 116 valence electrons. The van der Waals surface area contributed by atoms with Crippen LogP contribution >= 0.6 is 0 Å². The molecule has 1 aromatic heterocycles. The molecule has 0 bridgehead atoms. The van der Waals surface area contributed by atoms with Crippen molar-refractivity contribution in [1.29, 1.82) is 0 Å². The molecule has 0 aliphatic carbocycles. The maximum Gasteiger partial charge on any atom is 0.146 e. The van der Waals surface area contributed by atoms with E-state index in [-0.39, 0.29) is 11.9 Å². The average Bonchev–Trinajstić information content (AvgIpc) is 2.55. The van der Waals surface area contributed by atoms with Gasteiger partial charge in [0, 0.05) is 25.8 Å². The first-order valence-corrected chi connectivity index (χ1v) is 7.59. The molecule has 0 unspecified atom stereocenters. The van der Waals surface area contributed by atoms with Crippen LogP contribution in [0.2, 0.25) is 0 Å². The Hall–Kier alpha value is -2.14. The molecule has 3 rings (SSSR count). The number of hydrogen-bond donors (Lipinski definition) is 2. The molecular weight excluding hydrogens is 281 g/mol. The normalized spacial score (nSPS) is 15.8. The minimum Gasteiger partial charge on any atom is -0.393 e. The largest absolute Gasteiger partial charge is 0.393 e. The van der Waals surface area contributed by atoms with Crippen molar-refractivity contribution in [3.8, 4) is 0 Å². The van der Waals surface area contributed by atoms with Crippen LogP contribution in [0.3, 0.4) is 0 Å². The smallest absolute Gasteiger partial charge is 0.146 e. The Morgan fingerprint density at radius 3 is 2.73 bits per heavy atom. The van der Waals surface area contributed by atoms with Gasteiger partial charge in [0.05, 0.1) is 11.8 Å². The van der Waals surface area contributed by atoms with E-state index in [2.05, 4.69) is 10.3 Å². The summed E-state index contributed by atoms with van der Waals surface area (Å²) in [7, 11) is 0. The molecule has 1 aliphatic rings. The van der Waals surface area contributed by atoms with E-state index < -0.39 is 0 Å². The lowest BCUT2D eigenvalue weighted by Gasteiger charge is -2.31. The Bertz CT molecular complexity index is 613. The van der Waals surface area contributed by atoms with Gasteiger partial charge >= 0.3 is 0 Å². The lowest BCUT2D eigenvalue weighted by atomic mass is 10.1. The highest BCUT2D eigenvalue weighted by Gasteiger charge is 2.19. The van der Waals surface area contributed by atoms with Crippen LogP contribution in [0.4, 0.5) is 15.9 Å². The van der Waals surface area contributed by atoms with Crippen molar-refractivity contribution in [3.05, 3.63) is 54.0 Å². The Labute approximate surface area is 129 Å². The number of nitrogens with one attached hydrogen (secondary N) is 1. The van der Waals surface area contributed by atoms with E-state index in [0.29, 0.717) is 38.2 Å². The van der Waals surface area contributed by atoms with Gasteiger partial charge in [-0.25, -0.2) is 9.37 Å². The third-order valence-electron chi connectivity index (χ3n) is 3.96. The predicted octanol–water partition coefficient (Wildman–Crippen LogP) is 2.79. The summed E-state index contributed by atoms with van der Waals surface area (Å²) < 4.78 is 14.3. The van der Waals surface area contributed by atoms with Gasteiger partial charge in [0.2, 0.25) is 0 Å². The number of aliphatic hydroxyl groups excluding tert-OH is 1. The zero-order chi connectivity index (χ0) is 15.4. The maximum absolute atomic E-state index is 14.3. The highest BCUT2D eigenvalue weighted by molar-refractivity contribution is 5.50. The topological polar surface area (TPSA) is 48.4 Å². The number of benzene rings is 1. The monoisotopic (exact) mass is 301 g/mol. The molecule has 5 heteroatoms. The number of aromatic nitrogens is 1. The quantitative estimate of drug-likeness (QED) is 0.911. The molecule has 0 atom stereocenters.